The average molecular weight is 595 g/mol. The summed E-state index contributed by atoms with van der Waals surface area (Å²) < 4.78 is 18.4. The van der Waals surface area contributed by atoms with Crippen LogP contribution in [0.25, 0.3) is 60.3 Å². The van der Waals surface area contributed by atoms with Crippen LogP contribution >= 0.6 is 7.14 Å². The minimum atomic E-state index is -3.35. The molecule has 0 saturated heterocycles. The Bertz CT molecular complexity index is 2610. The third kappa shape index (κ3) is 3.84. The summed E-state index contributed by atoms with van der Waals surface area (Å²) >= 11 is 0. The molecule has 2 heterocycles. The highest BCUT2D eigenvalue weighted by molar-refractivity contribution is 7.85. The highest BCUT2D eigenvalue weighted by atomic mass is 31.2. The number of aromatic nitrogens is 2. The van der Waals surface area contributed by atoms with E-state index in [0.29, 0.717) is 0 Å². The minimum absolute atomic E-state index is 0.811. The largest absolute Gasteiger partial charge is 0.309 e. The molecule has 3 nitrogen and oxygen atoms in total. The minimum Gasteiger partial charge on any atom is -0.309 e. The van der Waals surface area contributed by atoms with Crippen LogP contribution < -0.4 is 15.9 Å². The molecule has 9 aromatic rings. The van der Waals surface area contributed by atoms with Crippen LogP contribution in [0.2, 0.25) is 0 Å². The van der Waals surface area contributed by atoms with Crippen molar-refractivity contribution in [2.45, 2.75) is 0 Å². The number of fused-ring (bicyclic) bond motifs is 10. The van der Waals surface area contributed by atoms with Crippen LogP contribution in [0.3, 0.4) is 0 Å². The molecule has 4 heteroatoms. The molecule has 0 saturated carbocycles. The summed E-state index contributed by atoms with van der Waals surface area (Å²) in [5, 5.41) is 7.86. The predicted octanol–water partition coefficient (Wildman–Crippen LogP) is 9.25. The molecule has 0 fully saturated rings. The molecule has 0 aliphatic rings. The van der Waals surface area contributed by atoms with E-state index in [4.69, 9.17) is 4.98 Å². The second kappa shape index (κ2) is 10.0. The number of rotatable bonds is 4. The summed E-state index contributed by atoms with van der Waals surface area (Å²) in [7, 11) is -3.35. The zero-order valence-corrected chi connectivity index (χ0v) is 25.2. The number of imidazole rings is 1. The second-order valence-electron chi connectivity index (χ2n) is 11.5. The van der Waals surface area contributed by atoms with E-state index in [-0.39, 0.29) is 0 Å². The lowest BCUT2D eigenvalue weighted by atomic mass is 9.99. The lowest BCUT2D eigenvalue weighted by Gasteiger charge is -2.23. The van der Waals surface area contributed by atoms with Crippen molar-refractivity contribution in [2.24, 2.45) is 0 Å². The molecule has 1 atom stereocenters. The fraction of sp³-hybridized carbons (Fsp3) is 0. The van der Waals surface area contributed by atoms with Gasteiger partial charge in [0.15, 0.2) is 7.14 Å². The van der Waals surface area contributed by atoms with Crippen molar-refractivity contribution in [3.05, 3.63) is 164 Å². The summed E-state index contributed by atoms with van der Waals surface area (Å²) in [4.78, 5) is 5.18. The maximum absolute atomic E-state index is 16.1. The number of pyridine rings is 1. The molecule has 2 aromatic heterocycles. The van der Waals surface area contributed by atoms with Gasteiger partial charge in [-0.1, -0.05) is 146 Å². The summed E-state index contributed by atoms with van der Waals surface area (Å²) in [6, 6.07) is 56.0. The Morgan fingerprint density at radius 1 is 0.467 bits per heavy atom. The fourth-order valence-electron chi connectivity index (χ4n) is 6.97. The molecule has 1 unspecified atom stereocenters. The highest BCUT2D eigenvalue weighted by Gasteiger charge is 2.33. The first-order chi connectivity index (χ1) is 22.2. The van der Waals surface area contributed by atoms with Gasteiger partial charge in [-0.05, 0) is 45.5 Å². The van der Waals surface area contributed by atoms with Crippen LogP contribution in [-0.4, -0.2) is 9.38 Å². The summed E-state index contributed by atoms with van der Waals surface area (Å²) in [6.07, 6.45) is 0. The monoisotopic (exact) mass is 594 g/mol. The molecule has 0 aliphatic carbocycles. The standard InChI is InChI=1S/C41H27N2OP/c44-45(31-15-5-2-6-16-31,32-25-22-29(23-26-32)28-12-3-1-4-13-28)38-21-11-20-37-40(38)34-27-24-30-14-7-8-17-33(30)39(34)41-42-35-18-9-10-19-36(35)43(37)41/h1-27H. The van der Waals surface area contributed by atoms with Crippen molar-refractivity contribution in [1.82, 2.24) is 9.38 Å². The SMILES string of the molecule is O=P(c1ccccc1)(c1ccc(-c2ccccc2)cc1)c1cccc2c1c1ccc3ccccc3c1c1nc3ccccc3n21. The smallest absolute Gasteiger partial charge is 0.171 e. The Balaban J connectivity index is 1.44. The van der Waals surface area contributed by atoms with Gasteiger partial charge in [-0.25, -0.2) is 4.98 Å². The van der Waals surface area contributed by atoms with E-state index >= 15 is 4.57 Å². The van der Waals surface area contributed by atoms with E-state index in [9.17, 15) is 0 Å². The zero-order valence-electron chi connectivity index (χ0n) is 24.3. The molecule has 0 bridgehead atoms. The first-order valence-corrected chi connectivity index (χ1v) is 16.9. The molecule has 212 valence electrons. The molecular weight excluding hydrogens is 567 g/mol. The van der Waals surface area contributed by atoms with Crippen LogP contribution in [0, 0.1) is 0 Å². The van der Waals surface area contributed by atoms with Crippen molar-refractivity contribution in [3.63, 3.8) is 0 Å². The number of nitrogens with zero attached hydrogens (tertiary/aromatic N) is 2. The van der Waals surface area contributed by atoms with Crippen molar-refractivity contribution >= 4 is 72.2 Å². The van der Waals surface area contributed by atoms with Crippen molar-refractivity contribution in [1.29, 1.82) is 0 Å². The van der Waals surface area contributed by atoms with E-state index in [1.54, 1.807) is 0 Å². The van der Waals surface area contributed by atoms with Crippen molar-refractivity contribution < 1.29 is 4.57 Å². The lowest BCUT2D eigenvalue weighted by molar-refractivity contribution is 0.592. The average Bonchev–Trinajstić information content (AvgIpc) is 3.51. The lowest BCUT2D eigenvalue weighted by Crippen LogP contribution is -2.26. The topological polar surface area (TPSA) is 34.4 Å². The predicted molar refractivity (Wildman–Crippen MR) is 190 cm³/mol. The van der Waals surface area contributed by atoms with Gasteiger partial charge in [0.25, 0.3) is 0 Å². The molecule has 0 amide bonds. The quantitative estimate of drug-likeness (QED) is 0.150. The van der Waals surface area contributed by atoms with Crippen molar-refractivity contribution in [2.75, 3.05) is 0 Å². The Labute approximate surface area is 260 Å². The zero-order chi connectivity index (χ0) is 30.0. The Morgan fingerprint density at radius 2 is 1.11 bits per heavy atom. The van der Waals surface area contributed by atoms with Gasteiger partial charge in [0, 0.05) is 26.7 Å². The van der Waals surface area contributed by atoms with Gasteiger partial charge in [-0.3, -0.25) is 4.40 Å². The van der Waals surface area contributed by atoms with Gasteiger partial charge in [-0.15, -0.1) is 0 Å². The maximum Gasteiger partial charge on any atom is 0.171 e. The molecule has 0 radical (unpaired) electrons. The van der Waals surface area contributed by atoms with Crippen LogP contribution in [-0.2, 0) is 4.57 Å². The van der Waals surface area contributed by atoms with E-state index in [1.807, 2.05) is 60.7 Å². The summed E-state index contributed by atoms with van der Waals surface area (Å²) in [5.41, 5.74) is 6.11. The van der Waals surface area contributed by atoms with Crippen LogP contribution in [0.4, 0.5) is 0 Å². The normalized spacial score (nSPS) is 13.2. The third-order valence-corrected chi connectivity index (χ3v) is 12.1. The fourth-order valence-corrected chi connectivity index (χ4v) is 9.83. The molecule has 0 aliphatic heterocycles. The van der Waals surface area contributed by atoms with Gasteiger partial charge in [0.2, 0.25) is 0 Å². The van der Waals surface area contributed by atoms with Crippen molar-refractivity contribution in [3.8, 4) is 11.1 Å². The Hall–Kier alpha value is -5.50. The number of benzene rings is 7. The molecule has 9 rings (SSSR count). The maximum atomic E-state index is 16.1. The van der Waals surface area contributed by atoms with E-state index in [0.717, 1.165) is 76.2 Å². The Morgan fingerprint density at radius 3 is 1.93 bits per heavy atom. The molecule has 7 aromatic carbocycles. The van der Waals surface area contributed by atoms with E-state index in [1.165, 1.54) is 0 Å². The van der Waals surface area contributed by atoms with E-state index < -0.39 is 7.14 Å². The Kier molecular flexibility index (Phi) is 5.78. The van der Waals surface area contributed by atoms with Gasteiger partial charge in [0.1, 0.15) is 5.65 Å². The summed E-state index contributed by atoms with van der Waals surface area (Å²) in [6.45, 7) is 0. The number of hydrogen-bond acceptors (Lipinski definition) is 2. The van der Waals surface area contributed by atoms with Crippen LogP contribution in [0.5, 0.6) is 0 Å². The highest BCUT2D eigenvalue weighted by Crippen LogP contribution is 2.47. The molecular formula is C41H27N2OP. The summed E-state index contributed by atoms with van der Waals surface area (Å²) in [5.74, 6) is 0. The number of para-hydroxylation sites is 2. The number of hydrogen-bond donors (Lipinski definition) is 0. The van der Waals surface area contributed by atoms with E-state index in [2.05, 4.69) is 108 Å². The van der Waals surface area contributed by atoms with Gasteiger partial charge in [0.05, 0.1) is 16.6 Å². The van der Waals surface area contributed by atoms with Gasteiger partial charge in [-0.2, -0.15) is 0 Å². The molecule has 0 N–H and O–H groups in total. The van der Waals surface area contributed by atoms with Gasteiger partial charge < -0.3 is 4.57 Å². The van der Waals surface area contributed by atoms with Gasteiger partial charge >= 0.3 is 0 Å². The molecule has 0 spiro atoms. The first-order valence-electron chi connectivity index (χ1n) is 15.2. The van der Waals surface area contributed by atoms with Crippen LogP contribution in [0.15, 0.2) is 164 Å². The third-order valence-electron chi connectivity index (χ3n) is 9.04. The second-order valence-corrected chi connectivity index (χ2v) is 14.2. The molecule has 45 heavy (non-hydrogen) atoms. The first kappa shape index (κ1) is 25.9. The van der Waals surface area contributed by atoms with Crippen LogP contribution in [0.1, 0.15) is 0 Å².